The van der Waals surface area contributed by atoms with Crippen LogP contribution in [0.3, 0.4) is 0 Å². The van der Waals surface area contributed by atoms with Gasteiger partial charge in [0.1, 0.15) is 0 Å². The summed E-state index contributed by atoms with van der Waals surface area (Å²) in [5.74, 6) is -0.925. The monoisotopic (exact) mass is 274 g/mol. The van der Waals surface area contributed by atoms with E-state index in [2.05, 4.69) is 4.98 Å². The Morgan fingerprint density at radius 2 is 2.20 bits per heavy atom. The minimum atomic E-state index is -0.925. The maximum absolute atomic E-state index is 10.9. The van der Waals surface area contributed by atoms with Gasteiger partial charge in [-0.25, -0.2) is 9.78 Å². The lowest BCUT2D eigenvalue weighted by molar-refractivity contribution is 0.0534. The van der Waals surface area contributed by atoms with E-state index in [1.54, 1.807) is 24.5 Å². The van der Waals surface area contributed by atoms with E-state index in [1.165, 1.54) is 25.7 Å². The van der Waals surface area contributed by atoms with Crippen molar-refractivity contribution < 1.29 is 14.6 Å². The van der Waals surface area contributed by atoms with E-state index in [-0.39, 0.29) is 5.56 Å². The van der Waals surface area contributed by atoms with E-state index < -0.39 is 5.97 Å². The first-order chi connectivity index (χ1) is 9.74. The number of carboxylic acids is 1. The molecule has 20 heavy (non-hydrogen) atoms. The highest BCUT2D eigenvalue weighted by Gasteiger charge is 2.15. The summed E-state index contributed by atoms with van der Waals surface area (Å²) >= 11 is 0. The molecule has 1 N–H and O–H groups in total. The largest absolute Gasteiger partial charge is 0.478 e. The maximum atomic E-state index is 10.9. The second kappa shape index (κ2) is 5.63. The standard InChI is InChI=1S/C15H18N2O3/c18-15(19)11-5-6-14-13(9-11)16-10-17(14)7-8-20-12-3-1-2-4-12/h5-6,9-10,12H,1-4,7-8H2,(H,18,19). The predicted molar refractivity (Wildman–Crippen MR) is 74.9 cm³/mol. The molecule has 0 unspecified atom stereocenters. The number of aromatic nitrogens is 2. The summed E-state index contributed by atoms with van der Waals surface area (Å²) in [5.41, 5.74) is 1.93. The van der Waals surface area contributed by atoms with E-state index in [0.29, 0.717) is 18.2 Å². The number of imidazole rings is 1. The van der Waals surface area contributed by atoms with Crippen LogP contribution in [0.1, 0.15) is 36.0 Å². The van der Waals surface area contributed by atoms with Gasteiger partial charge in [0.2, 0.25) is 0 Å². The smallest absolute Gasteiger partial charge is 0.335 e. The zero-order chi connectivity index (χ0) is 13.9. The van der Waals surface area contributed by atoms with E-state index >= 15 is 0 Å². The average Bonchev–Trinajstić information content (AvgIpc) is 3.08. The fourth-order valence-corrected chi connectivity index (χ4v) is 2.75. The molecular formula is C15H18N2O3. The Kier molecular flexibility index (Phi) is 3.69. The Labute approximate surface area is 117 Å². The number of fused-ring (bicyclic) bond motifs is 1. The summed E-state index contributed by atoms with van der Waals surface area (Å²) < 4.78 is 7.85. The zero-order valence-corrected chi connectivity index (χ0v) is 11.3. The Hall–Kier alpha value is -1.88. The predicted octanol–water partition coefficient (Wildman–Crippen LogP) is 2.69. The van der Waals surface area contributed by atoms with Gasteiger partial charge < -0.3 is 14.4 Å². The lowest BCUT2D eigenvalue weighted by Gasteiger charge is -2.11. The SMILES string of the molecule is O=C(O)c1ccc2c(c1)ncn2CCOC1CCCC1. The Balaban J connectivity index is 1.67. The zero-order valence-electron chi connectivity index (χ0n) is 11.3. The van der Waals surface area contributed by atoms with Crippen LogP contribution in [0.5, 0.6) is 0 Å². The van der Waals surface area contributed by atoms with Gasteiger partial charge in [0.05, 0.1) is 35.6 Å². The number of hydrogen-bond donors (Lipinski definition) is 1. The fraction of sp³-hybridized carbons (Fsp3) is 0.467. The first-order valence-corrected chi connectivity index (χ1v) is 7.04. The number of aromatic carboxylic acids is 1. The van der Waals surface area contributed by atoms with Gasteiger partial charge in [0.15, 0.2) is 0 Å². The van der Waals surface area contributed by atoms with Crippen LogP contribution in [0.15, 0.2) is 24.5 Å². The van der Waals surface area contributed by atoms with Gasteiger partial charge in [-0.15, -0.1) is 0 Å². The van der Waals surface area contributed by atoms with Crippen LogP contribution in [0.25, 0.3) is 11.0 Å². The molecule has 0 saturated heterocycles. The highest BCUT2D eigenvalue weighted by molar-refractivity contribution is 5.92. The molecule has 0 amide bonds. The summed E-state index contributed by atoms with van der Waals surface area (Å²) in [6, 6.07) is 5.02. The van der Waals surface area contributed by atoms with Crippen molar-refractivity contribution in [3.05, 3.63) is 30.1 Å². The van der Waals surface area contributed by atoms with E-state index in [9.17, 15) is 4.79 Å². The Morgan fingerprint density at radius 1 is 1.40 bits per heavy atom. The van der Waals surface area contributed by atoms with E-state index in [1.807, 2.05) is 4.57 Å². The highest BCUT2D eigenvalue weighted by atomic mass is 16.5. The molecule has 0 bridgehead atoms. The molecule has 1 saturated carbocycles. The number of hydrogen-bond acceptors (Lipinski definition) is 3. The second-order valence-corrected chi connectivity index (χ2v) is 5.22. The summed E-state index contributed by atoms with van der Waals surface area (Å²) in [5, 5.41) is 8.96. The summed E-state index contributed by atoms with van der Waals surface area (Å²) in [6.45, 7) is 1.43. The molecular weight excluding hydrogens is 256 g/mol. The van der Waals surface area contributed by atoms with Crippen molar-refractivity contribution in [2.24, 2.45) is 0 Å². The number of carbonyl (C=O) groups is 1. The second-order valence-electron chi connectivity index (χ2n) is 5.22. The molecule has 106 valence electrons. The van der Waals surface area contributed by atoms with Gasteiger partial charge in [-0.2, -0.15) is 0 Å². The third-order valence-corrected chi connectivity index (χ3v) is 3.86. The number of ether oxygens (including phenoxy) is 1. The first-order valence-electron chi connectivity index (χ1n) is 7.04. The van der Waals surface area contributed by atoms with Gasteiger partial charge >= 0.3 is 5.97 Å². The molecule has 2 aromatic rings. The fourth-order valence-electron chi connectivity index (χ4n) is 2.75. The van der Waals surface area contributed by atoms with Crippen LogP contribution < -0.4 is 0 Å². The van der Waals surface area contributed by atoms with Crippen molar-refractivity contribution in [2.45, 2.75) is 38.3 Å². The molecule has 1 heterocycles. The van der Waals surface area contributed by atoms with Crippen molar-refractivity contribution >= 4 is 17.0 Å². The molecule has 1 aromatic heterocycles. The van der Waals surface area contributed by atoms with Crippen molar-refractivity contribution in [3.63, 3.8) is 0 Å². The number of benzene rings is 1. The Bertz CT molecular complexity index is 615. The van der Waals surface area contributed by atoms with Crippen LogP contribution in [-0.2, 0) is 11.3 Å². The first kappa shape index (κ1) is 13.1. The molecule has 0 radical (unpaired) electrons. The number of nitrogens with zero attached hydrogens (tertiary/aromatic N) is 2. The van der Waals surface area contributed by atoms with Crippen molar-refractivity contribution in [1.82, 2.24) is 9.55 Å². The Morgan fingerprint density at radius 3 is 2.95 bits per heavy atom. The lowest BCUT2D eigenvalue weighted by Crippen LogP contribution is -2.12. The molecule has 5 heteroatoms. The molecule has 1 fully saturated rings. The summed E-state index contributed by atoms with van der Waals surface area (Å²) in [4.78, 5) is 15.2. The molecule has 5 nitrogen and oxygen atoms in total. The van der Waals surface area contributed by atoms with Crippen LogP contribution in [0, 0.1) is 0 Å². The van der Waals surface area contributed by atoms with Crippen LogP contribution in [0.4, 0.5) is 0 Å². The molecule has 1 aliphatic rings. The number of rotatable bonds is 5. The van der Waals surface area contributed by atoms with Gasteiger partial charge in [-0.3, -0.25) is 0 Å². The molecule has 3 rings (SSSR count). The topological polar surface area (TPSA) is 64.3 Å². The third-order valence-electron chi connectivity index (χ3n) is 3.86. The summed E-state index contributed by atoms with van der Waals surface area (Å²) in [7, 11) is 0. The molecule has 1 aromatic carbocycles. The van der Waals surface area contributed by atoms with Crippen LogP contribution >= 0.6 is 0 Å². The van der Waals surface area contributed by atoms with Crippen molar-refractivity contribution in [1.29, 1.82) is 0 Å². The van der Waals surface area contributed by atoms with E-state index in [0.717, 1.165) is 12.1 Å². The minimum absolute atomic E-state index is 0.268. The van der Waals surface area contributed by atoms with Gasteiger partial charge in [-0.05, 0) is 31.0 Å². The summed E-state index contributed by atoms with van der Waals surface area (Å²) in [6.07, 6.45) is 7.06. The van der Waals surface area contributed by atoms with E-state index in [4.69, 9.17) is 9.84 Å². The third kappa shape index (κ3) is 2.67. The van der Waals surface area contributed by atoms with Gasteiger partial charge in [0, 0.05) is 6.54 Å². The van der Waals surface area contributed by atoms with Crippen LogP contribution in [-0.4, -0.2) is 33.3 Å². The van der Waals surface area contributed by atoms with Crippen molar-refractivity contribution in [3.8, 4) is 0 Å². The van der Waals surface area contributed by atoms with Gasteiger partial charge in [-0.1, -0.05) is 12.8 Å². The molecule has 1 aliphatic carbocycles. The average molecular weight is 274 g/mol. The molecule has 0 atom stereocenters. The highest BCUT2D eigenvalue weighted by Crippen LogP contribution is 2.21. The minimum Gasteiger partial charge on any atom is -0.478 e. The molecule has 0 spiro atoms. The van der Waals surface area contributed by atoms with Gasteiger partial charge in [0.25, 0.3) is 0 Å². The maximum Gasteiger partial charge on any atom is 0.335 e. The normalized spacial score (nSPS) is 16.0. The van der Waals surface area contributed by atoms with Crippen LogP contribution in [0.2, 0.25) is 0 Å². The lowest BCUT2D eigenvalue weighted by atomic mass is 10.2. The van der Waals surface area contributed by atoms with Crippen molar-refractivity contribution in [2.75, 3.05) is 6.61 Å². The number of carboxylic acid groups (broad SMARTS) is 1. The quantitative estimate of drug-likeness (QED) is 0.910. The molecule has 0 aliphatic heterocycles.